The highest BCUT2D eigenvalue weighted by atomic mass is 15.2. The standard InChI is InChI=1S/C14H25N3/c1-17(2)14(7-4-3-5-8-14)12-16-11-13-6-9-15-10-13/h6,9-10,15-16H,3-5,7-8,11-12H2,1-2H3. The van der Waals surface area contributed by atoms with Crippen LogP contribution in [0.3, 0.4) is 0 Å². The smallest absolute Gasteiger partial charge is 0.0328 e. The van der Waals surface area contributed by atoms with Crippen LogP contribution in [-0.4, -0.2) is 36.1 Å². The first-order chi connectivity index (χ1) is 8.23. The van der Waals surface area contributed by atoms with Crippen molar-refractivity contribution in [1.29, 1.82) is 0 Å². The van der Waals surface area contributed by atoms with E-state index in [1.807, 2.05) is 6.20 Å². The molecule has 0 spiro atoms. The lowest BCUT2D eigenvalue weighted by Crippen LogP contribution is -2.52. The molecule has 0 saturated heterocycles. The van der Waals surface area contributed by atoms with Gasteiger partial charge in [-0.05, 0) is 38.6 Å². The second-order valence-electron chi connectivity index (χ2n) is 5.50. The predicted octanol–water partition coefficient (Wildman–Crippen LogP) is 2.37. The van der Waals surface area contributed by atoms with E-state index >= 15 is 0 Å². The van der Waals surface area contributed by atoms with Crippen LogP contribution < -0.4 is 5.32 Å². The molecule has 1 aromatic rings. The van der Waals surface area contributed by atoms with E-state index in [0.29, 0.717) is 5.54 Å². The van der Waals surface area contributed by atoms with Gasteiger partial charge in [-0.2, -0.15) is 0 Å². The fourth-order valence-electron chi connectivity index (χ4n) is 2.90. The van der Waals surface area contributed by atoms with E-state index in [1.54, 1.807) is 0 Å². The Morgan fingerprint density at radius 3 is 2.65 bits per heavy atom. The lowest BCUT2D eigenvalue weighted by atomic mass is 9.80. The first-order valence-electron chi connectivity index (χ1n) is 6.73. The zero-order chi connectivity index (χ0) is 12.1. The molecule has 1 heterocycles. The quantitative estimate of drug-likeness (QED) is 0.821. The van der Waals surface area contributed by atoms with E-state index in [-0.39, 0.29) is 0 Å². The average molecular weight is 235 g/mol. The molecule has 1 aliphatic carbocycles. The van der Waals surface area contributed by atoms with E-state index in [4.69, 9.17) is 0 Å². The summed E-state index contributed by atoms with van der Waals surface area (Å²) in [7, 11) is 4.45. The Bertz CT molecular complexity index is 310. The van der Waals surface area contributed by atoms with Crippen LogP contribution in [0.5, 0.6) is 0 Å². The molecular formula is C14H25N3. The monoisotopic (exact) mass is 235 g/mol. The molecule has 0 atom stereocenters. The number of nitrogens with one attached hydrogen (secondary N) is 2. The maximum Gasteiger partial charge on any atom is 0.0328 e. The van der Waals surface area contributed by atoms with Gasteiger partial charge in [-0.25, -0.2) is 0 Å². The summed E-state index contributed by atoms with van der Waals surface area (Å²) in [5.41, 5.74) is 1.73. The molecule has 0 unspecified atom stereocenters. The molecule has 2 rings (SSSR count). The molecule has 0 bridgehead atoms. The van der Waals surface area contributed by atoms with Crippen LogP contribution in [-0.2, 0) is 6.54 Å². The third-order valence-electron chi connectivity index (χ3n) is 4.18. The van der Waals surface area contributed by atoms with Crippen LogP contribution in [0.1, 0.15) is 37.7 Å². The number of hydrogen-bond donors (Lipinski definition) is 2. The summed E-state index contributed by atoms with van der Waals surface area (Å²) in [5, 5.41) is 3.62. The summed E-state index contributed by atoms with van der Waals surface area (Å²) in [6, 6.07) is 2.14. The molecule has 0 amide bonds. The fraction of sp³-hybridized carbons (Fsp3) is 0.714. The minimum atomic E-state index is 0.383. The Morgan fingerprint density at radius 2 is 2.06 bits per heavy atom. The van der Waals surface area contributed by atoms with Gasteiger partial charge in [0.05, 0.1) is 0 Å². The maximum atomic E-state index is 3.62. The van der Waals surface area contributed by atoms with E-state index in [1.165, 1.54) is 37.7 Å². The van der Waals surface area contributed by atoms with Crippen LogP contribution in [0.25, 0.3) is 0 Å². The lowest BCUT2D eigenvalue weighted by molar-refractivity contribution is 0.0984. The highest BCUT2D eigenvalue weighted by Crippen LogP contribution is 2.31. The molecule has 0 radical (unpaired) electrons. The number of likely N-dealkylation sites (N-methyl/N-ethyl adjacent to an activating group) is 1. The van der Waals surface area contributed by atoms with Crippen molar-refractivity contribution in [2.75, 3.05) is 20.6 Å². The highest BCUT2D eigenvalue weighted by Gasteiger charge is 2.33. The minimum absolute atomic E-state index is 0.383. The van der Waals surface area contributed by atoms with Crippen molar-refractivity contribution in [3.63, 3.8) is 0 Å². The topological polar surface area (TPSA) is 31.1 Å². The van der Waals surface area contributed by atoms with Gasteiger partial charge in [0.15, 0.2) is 0 Å². The largest absolute Gasteiger partial charge is 0.367 e. The van der Waals surface area contributed by atoms with Crippen LogP contribution in [0.2, 0.25) is 0 Å². The second kappa shape index (κ2) is 5.69. The molecule has 1 saturated carbocycles. The van der Waals surface area contributed by atoms with Gasteiger partial charge in [-0.1, -0.05) is 19.3 Å². The lowest BCUT2D eigenvalue weighted by Gasteiger charge is -2.43. The van der Waals surface area contributed by atoms with Gasteiger partial charge >= 0.3 is 0 Å². The van der Waals surface area contributed by atoms with Crippen LogP contribution in [0.4, 0.5) is 0 Å². The summed E-state index contributed by atoms with van der Waals surface area (Å²) < 4.78 is 0. The minimum Gasteiger partial charge on any atom is -0.367 e. The third kappa shape index (κ3) is 3.11. The van der Waals surface area contributed by atoms with Crippen molar-refractivity contribution in [2.24, 2.45) is 0 Å². The van der Waals surface area contributed by atoms with Gasteiger partial charge in [0.1, 0.15) is 0 Å². The molecule has 1 aromatic heterocycles. The molecule has 1 fully saturated rings. The summed E-state index contributed by atoms with van der Waals surface area (Å²) >= 11 is 0. The van der Waals surface area contributed by atoms with Gasteiger partial charge < -0.3 is 15.2 Å². The number of aromatic amines is 1. The Kier molecular flexibility index (Phi) is 4.24. The summed E-state index contributed by atoms with van der Waals surface area (Å²) in [6.07, 6.45) is 10.9. The average Bonchev–Trinajstić information content (AvgIpc) is 2.83. The van der Waals surface area contributed by atoms with Crippen molar-refractivity contribution >= 4 is 0 Å². The number of rotatable bonds is 5. The first kappa shape index (κ1) is 12.7. The van der Waals surface area contributed by atoms with Gasteiger partial charge in [-0.15, -0.1) is 0 Å². The fourth-order valence-corrected chi connectivity index (χ4v) is 2.90. The highest BCUT2D eigenvalue weighted by molar-refractivity contribution is 5.08. The first-order valence-corrected chi connectivity index (χ1v) is 6.73. The van der Waals surface area contributed by atoms with Crippen LogP contribution >= 0.6 is 0 Å². The van der Waals surface area contributed by atoms with E-state index in [0.717, 1.165) is 13.1 Å². The number of H-pyrrole nitrogens is 1. The van der Waals surface area contributed by atoms with E-state index in [2.05, 4.69) is 41.6 Å². The van der Waals surface area contributed by atoms with Gasteiger partial charge in [-0.3, -0.25) is 0 Å². The normalized spacial score (nSPS) is 19.7. The summed E-state index contributed by atoms with van der Waals surface area (Å²) in [6.45, 7) is 2.07. The Labute approximate surface area is 105 Å². The zero-order valence-electron chi connectivity index (χ0n) is 11.1. The van der Waals surface area contributed by atoms with E-state index in [9.17, 15) is 0 Å². The van der Waals surface area contributed by atoms with Crippen molar-refractivity contribution < 1.29 is 0 Å². The van der Waals surface area contributed by atoms with Crippen molar-refractivity contribution in [2.45, 2.75) is 44.2 Å². The van der Waals surface area contributed by atoms with Gasteiger partial charge in [0.2, 0.25) is 0 Å². The summed E-state index contributed by atoms with van der Waals surface area (Å²) in [5.74, 6) is 0. The van der Waals surface area contributed by atoms with Crippen molar-refractivity contribution in [3.05, 3.63) is 24.0 Å². The maximum absolute atomic E-state index is 3.62. The number of nitrogens with zero attached hydrogens (tertiary/aromatic N) is 1. The molecule has 0 aromatic carbocycles. The molecule has 17 heavy (non-hydrogen) atoms. The molecule has 96 valence electrons. The Morgan fingerprint density at radius 1 is 1.29 bits per heavy atom. The number of aromatic nitrogens is 1. The predicted molar refractivity (Wildman–Crippen MR) is 72.0 cm³/mol. The molecule has 0 aliphatic heterocycles. The molecule has 3 heteroatoms. The SMILES string of the molecule is CN(C)C1(CNCc2cc[nH]c2)CCCCC1. The van der Waals surface area contributed by atoms with Gasteiger partial charge in [0, 0.05) is 31.0 Å². The molecule has 2 N–H and O–H groups in total. The second-order valence-corrected chi connectivity index (χ2v) is 5.50. The Hall–Kier alpha value is -0.800. The third-order valence-corrected chi connectivity index (χ3v) is 4.18. The molecule has 3 nitrogen and oxygen atoms in total. The van der Waals surface area contributed by atoms with Crippen LogP contribution in [0.15, 0.2) is 18.5 Å². The van der Waals surface area contributed by atoms with Gasteiger partial charge in [0.25, 0.3) is 0 Å². The van der Waals surface area contributed by atoms with Crippen LogP contribution in [0, 0.1) is 0 Å². The Balaban J connectivity index is 1.85. The summed E-state index contributed by atoms with van der Waals surface area (Å²) in [4.78, 5) is 5.53. The van der Waals surface area contributed by atoms with E-state index < -0.39 is 0 Å². The molecule has 1 aliphatic rings. The van der Waals surface area contributed by atoms with Crippen molar-refractivity contribution in [3.8, 4) is 0 Å². The number of hydrogen-bond acceptors (Lipinski definition) is 2. The zero-order valence-corrected chi connectivity index (χ0v) is 11.1. The van der Waals surface area contributed by atoms with Crippen molar-refractivity contribution in [1.82, 2.24) is 15.2 Å². The molecular weight excluding hydrogens is 210 g/mol.